The molecule has 0 aromatic carbocycles. The van der Waals surface area contributed by atoms with Crippen LogP contribution >= 0.6 is 11.3 Å². The first-order chi connectivity index (χ1) is 10.9. The third-order valence-electron chi connectivity index (χ3n) is 3.75. The standard InChI is InChI=1S/C14H18N4O3S2/c1-23(20,21)18-8-6-16(7-9-18)13(19)10-12-11-15-14(22-12)17-4-2-3-5-17/h2-5,11H,6-10H2,1H3. The van der Waals surface area contributed by atoms with Crippen molar-refractivity contribution >= 4 is 27.3 Å². The van der Waals surface area contributed by atoms with Gasteiger partial charge in [-0.05, 0) is 12.1 Å². The third kappa shape index (κ3) is 3.80. The Morgan fingerprint density at radius 2 is 1.87 bits per heavy atom. The maximum atomic E-state index is 12.3. The van der Waals surface area contributed by atoms with E-state index < -0.39 is 10.0 Å². The van der Waals surface area contributed by atoms with E-state index in [0.29, 0.717) is 32.6 Å². The maximum Gasteiger partial charge on any atom is 0.227 e. The van der Waals surface area contributed by atoms with E-state index in [9.17, 15) is 13.2 Å². The van der Waals surface area contributed by atoms with Gasteiger partial charge in [0.15, 0.2) is 5.13 Å². The summed E-state index contributed by atoms with van der Waals surface area (Å²) < 4.78 is 26.3. The normalized spacial score (nSPS) is 16.7. The van der Waals surface area contributed by atoms with Crippen LogP contribution in [0.1, 0.15) is 4.88 Å². The van der Waals surface area contributed by atoms with Crippen LogP contribution < -0.4 is 0 Å². The molecule has 0 unspecified atom stereocenters. The molecule has 1 fully saturated rings. The van der Waals surface area contributed by atoms with Crippen LogP contribution in [0, 0.1) is 0 Å². The fourth-order valence-electron chi connectivity index (χ4n) is 2.49. The molecule has 124 valence electrons. The van der Waals surface area contributed by atoms with Gasteiger partial charge in [0.25, 0.3) is 0 Å². The van der Waals surface area contributed by atoms with Crippen LogP contribution in [0.15, 0.2) is 30.7 Å². The van der Waals surface area contributed by atoms with Crippen molar-refractivity contribution in [3.05, 3.63) is 35.6 Å². The van der Waals surface area contributed by atoms with E-state index in [0.717, 1.165) is 10.0 Å². The summed E-state index contributed by atoms with van der Waals surface area (Å²) >= 11 is 1.49. The first-order valence-electron chi connectivity index (χ1n) is 7.24. The van der Waals surface area contributed by atoms with E-state index in [1.807, 2.05) is 29.1 Å². The molecule has 0 N–H and O–H groups in total. The average Bonchev–Trinajstić information content (AvgIpc) is 3.17. The van der Waals surface area contributed by atoms with E-state index in [-0.39, 0.29) is 5.91 Å². The lowest BCUT2D eigenvalue weighted by molar-refractivity contribution is -0.131. The zero-order chi connectivity index (χ0) is 16.4. The molecule has 0 atom stereocenters. The largest absolute Gasteiger partial charge is 0.340 e. The van der Waals surface area contributed by atoms with Crippen LogP contribution in [0.25, 0.3) is 5.13 Å². The number of hydrogen-bond donors (Lipinski definition) is 0. The summed E-state index contributed by atoms with van der Waals surface area (Å²) in [5.41, 5.74) is 0. The molecule has 0 aliphatic carbocycles. The van der Waals surface area contributed by atoms with Gasteiger partial charge < -0.3 is 9.47 Å². The Morgan fingerprint density at radius 1 is 1.22 bits per heavy atom. The summed E-state index contributed by atoms with van der Waals surface area (Å²) in [6.45, 7) is 1.61. The van der Waals surface area contributed by atoms with Crippen molar-refractivity contribution in [2.45, 2.75) is 6.42 Å². The predicted molar refractivity (Wildman–Crippen MR) is 88.1 cm³/mol. The Kier molecular flexibility index (Phi) is 4.51. The van der Waals surface area contributed by atoms with Crippen molar-refractivity contribution < 1.29 is 13.2 Å². The molecule has 9 heteroatoms. The van der Waals surface area contributed by atoms with Crippen LogP contribution in [0.5, 0.6) is 0 Å². The Labute approximate surface area is 139 Å². The van der Waals surface area contributed by atoms with E-state index in [2.05, 4.69) is 4.98 Å². The van der Waals surface area contributed by atoms with Crippen LogP contribution in [0.3, 0.4) is 0 Å². The van der Waals surface area contributed by atoms with E-state index in [1.54, 1.807) is 11.1 Å². The fraction of sp³-hybridized carbons (Fsp3) is 0.429. The Bertz CT molecular complexity index is 775. The Balaban J connectivity index is 1.58. The molecule has 3 rings (SSSR count). The zero-order valence-electron chi connectivity index (χ0n) is 12.8. The molecular formula is C14H18N4O3S2. The zero-order valence-corrected chi connectivity index (χ0v) is 14.4. The fourth-order valence-corrected chi connectivity index (χ4v) is 4.19. The summed E-state index contributed by atoms with van der Waals surface area (Å²) in [5.74, 6) is 0.0147. The number of piperazine rings is 1. The quantitative estimate of drug-likeness (QED) is 0.805. The molecule has 23 heavy (non-hydrogen) atoms. The van der Waals surface area contributed by atoms with Gasteiger partial charge in [-0.15, -0.1) is 11.3 Å². The van der Waals surface area contributed by atoms with E-state index >= 15 is 0 Å². The van der Waals surface area contributed by atoms with Gasteiger partial charge >= 0.3 is 0 Å². The first-order valence-corrected chi connectivity index (χ1v) is 9.91. The molecule has 7 nitrogen and oxygen atoms in total. The highest BCUT2D eigenvalue weighted by molar-refractivity contribution is 7.88. The summed E-state index contributed by atoms with van der Waals surface area (Å²) in [5, 5.41) is 0.833. The number of rotatable bonds is 4. The number of aromatic nitrogens is 2. The highest BCUT2D eigenvalue weighted by Gasteiger charge is 2.26. The molecule has 1 saturated heterocycles. The van der Waals surface area contributed by atoms with Crippen molar-refractivity contribution in [1.82, 2.24) is 18.8 Å². The summed E-state index contributed by atoms with van der Waals surface area (Å²) in [7, 11) is -3.17. The van der Waals surface area contributed by atoms with Gasteiger partial charge in [0.2, 0.25) is 15.9 Å². The van der Waals surface area contributed by atoms with E-state index in [1.165, 1.54) is 21.9 Å². The molecule has 1 aliphatic heterocycles. The minimum Gasteiger partial charge on any atom is -0.340 e. The summed E-state index contributed by atoms with van der Waals surface area (Å²) in [4.78, 5) is 19.3. The molecule has 0 bridgehead atoms. The number of thiazole rings is 1. The molecule has 3 heterocycles. The Hall–Kier alpha value is -1.71. The second kappa shape index (κ2) is 6.42. The van der Waals surface area contributed by atoms with Crippen LogP contribution in [-0.4, -0.2) is 65.5 Å². The number of hydrogen-bond acceptors (Lipinski definition) is 5. The van der Waals surface area contributed by atoms with E-state index in [4.69, 9.17) is 0 Å². The summed E-state index contributed by atoms with van der Waals surface area (Å²) in [6.07, 6.45) is 7.05. The number of amides is 1. The second-order valence-corrected chi connectivity index (χ2v) is 8.50. The lowest BCUT2D eigenvalue weighted by Gasteiger charge is -2.33. The molecule has 2 aromatic rings. The number of carbonyl (C=O) groups is 1. The molecule has 0 radical (unpaired) electrons. The van der Waals surface area contributed by atoms with Crippen LogP contribution in [-0.2, 0) is 21.2 Å². The lowest BCUT2D eigenvalue weighted by atomic mass is 10.3. The highest BCUT2D eigenvalue weighted by atomic mass is 32.2. The average molecular weight is 354 g/mol. The summed E-state index contributed by atoms with van der Waals surface area (Å²) in [6, 6.07) is 3.85. The molecule has 2 aromatic heterocycles. The SMILES string of the molecule is CS(=O)(=O)N1CCN(C(=O)Cc2cnc(-n3cccc3)s2)CC1. The molecule has 0 spiro atoms. The maximum absolute atomic E-state index is 12.3. The van der Waals surface area contributed by atoms with Gasteiger partial charge in [0.1, 0.15) is 0 Å². The Morgan fingerprint density at radius 3 is 2.48 bits per heavy atom. The van der Waals surface area contributed by atoms with Crippen molar-refractivity contribution in [3.8, 4) is 5.13 Å². The van der Waals surface area contributed by atoms with Gasteiger partial charge in [-0.2, -0.15) is 4.31 Å². The van der Waals surface area contributed by atoms with Gasteiger partial charge in [0, 0.05) is 49.6 Å². The second-order valence-electron chi connectivity index (χ2n) is 5.42. The van der Waals surface area contributed by atoms with Crippen LogP contribution in [0.2, 0.25) is 0 Å². The van der Waals surface area contributed by atoms with Gasteiger partial charge in [-0.1, -0.05) is 0 Å². The topological polar surface area (TPSA) is 75.5 Å². The molecule has 1 amide bonds. The minimum absolute atomic E-state index is 0.0147. The van der Waals surface area contributed by atoms with Crippen molar-refractivity contribution in [2.24, 2.45) is 0 Å². The monoisotopic (exact) mass is 354 g/mol. The minimum atomic E-state index is -3.17. The molecular weight excluding hydrogens is 336 g/mol. The third-order valence-corrected chi connectivity index (χ3v) is 6.07. The highest BCUT2D eigenvalue weighted by Crippen LogP contribution is 2.19. The van der Waals surface area contributed by atoms with Gasteiger partial charge in [-0.25, -0.2) is 13.4 Å². The van der Waals surface area contributed by atoms with Gasteiger partial charge in [-0.3, -0.25) is 4.79 Å². The number of carbonyl (C=O) groups excluding carboxylic acids is 1. The van der Waals surface area contributed by atoms with Crippen molar-refractivity contribution in [3.63, 3.8) is 0 Å². The van der Waals surface area contributed by atoms with Crippen molar-refractivity contribution in [2.75, 3.05) is 32.4 Å². The van der Waals surface area contributed by atoms with Crippen LogP contribution in [0.4, 0.5) is 0 Å². The number of nitrogens with zero attached hydrogens (tertiary/aromatic N) is 4. The van der Waals surface area contributed by atoms with Crippen molar-refractivity contribution in [1.29, 1.82) is 0 Å². The first kappa shape index (κ1) is 16.2. The predicted octanol–water partition coefficient (Wildman–Crippen LogP) is 0.580. The molecule has 0 saturated carbocycles. The molecule has 1 aliphatic rings. The van der Waals surface area contributed by atoms with Gasteiger partial charge in [0.05, 0.1) is 12.7 Å². The smallest absolute Gasteiger partial charge is 0.227 e. The lowest BCUT2D eigenvalue weighted by Crippen LogP contribution is -2.50. The number of sulfonamides is 1.